The standard InChI is InChI=1S/C31H43N/c1-4-22-17-26(16-15-23-19-24(5-2)25(6-3)20-23)27(18-22)21-32-30-13-9-7-11-28(30)29-12-8-10-14-31(29)32/h7-14,22-27H,4-6,15-21H2,1-3H3. The van der Waals surface area contributed by atoms with Crippen LogP contribution in [0.15, 0.2) is 48.5 Å². The Morgan fingerprint density at radius 2 is 1.12 bits per heavy atom. The summed E-state index contributed by atoms with van der Waals surface area (Å²) in [6.45, 7) is 8.45. The maximum Gasteiger partial charge on any atom is 0.0491 e. The molecule has 1 nitrogen and oxygen atoms in total. The van der Waals surface area contributed by atoms with Crippen molar-refractivity contribution >= 4 is 21.8 Å². The van der Waals surface area contributed by atoms with E-state index in [1.165, 1.54) is 86.1 Å². The Morgan fingerprint density at radius 1 is 0.594 bits per heavy atom. The normalized spacial score (nSPS) is 30.6. The van der Waals surface area contributed by atoms with E-state index in [-0.39, 0.29) is 0 Å². The van der Waals surface area contributed by atoms with E-state index in [9.17, 15) is 0 Å². The number of nitrogens with zero attached hydrogens (tertiary/aromatic N) is 1. The van der Waals surface area contributed by atoms with Gasteiger partial charge in [0.2, 0.25) is 0 Å². The molecule has 1 heteroatoms. The van der Waals surface area contributed by atoms with Gasteiger partial charge in [0, 0.05) is 28.4 Å². The fraction of sp³-hybridized carbons (Fsp3) is 0.613. The van der Waals surface area contributed by atoms with Crippen molar-refractivity contribution in [3.05, 3.63) is 48.5 Å². The van der Waals surface area contributed by atoms with Crippen molar-refractivity contribution in [2.75, 3.05) is 0 Å². The third-order valence-electron chi connectivity index (χ3n) is 9.55. The molecular weight excluding hydrogens is 386 g/mol. The lowest BCUT2D eigenvalue weighted by atomic mass is 9.87. The van der Waals surface area contributed by atoms with Crippen molar-refractivity contribution in [3.63, 3.8) is 0 Å². The van der Waals surface area contributed by atoms with E-state index in [1.54, 1.807) is 0 Å². The first-order valence-electron chi connectivity index (χ1n) is 13.7. The Morgan fingerprint density at radius 3 is 1.69 bits per heavy atom. The van der Waals surface area contributed by atoms with E-state index in [0.29, 0.717) is 0 Å². The summed E-state index contributed by atoms with van der Waals surface area (Å²) in [5, 5.41) is 2.85. The molecule has 0 saturated heterocycles. The molecule has 0 amide bonds. The maximum absolute atomic E-state index is 2.66. The summed E-state index contributed by atoms with van der Waals surface area (Å²) in [4.78, 5) is 0. The third-order valence-corrected chi connectivity index (χ3v) is 9.55. The maximum atomic E-state index is 2.66. The molecule has 2 saturated carbocycles. The Bertz CT molecular complexity index is 964. The quantitative estimate of drug-likeness (QED) is 0.336. The van der Waals surface area contributed by atoms with Crippen molar-refractivity contribution in [2.45, 2.75) is 85.1 Å². The summed E-state index contributed by atoms with van der Waals surface area (Å²) in [5.41, 5.74) is 2.86. The highest BCUT2D eigenvalue weighted by Crippen LogP contribution is 2.46. The molecule has 2 aliphatic carbocycles. The van der Waals surface area contributed by atoms with E-state index in [1.807, 2.05) is 0 Å². The zero-order chi connectivity index (χ0) is 22.1. The number of rotatable bonds is 8. The molecule has 5 rings (SSSR count). The van der Waals surface area contributed by atoms with Crippen LogP contribution in [0.5, 0.6) is 0 Å². The first kappa shape index (κ1) is 22.1. The van der Waals surface area contributed by atoms with E-state index in [0.717, 1.165) is 35.5 Å². The third kappa shape index (κ3) is 4.13. The topological polar surface area (TPSA) is 4.93 Å². The van der Waals surface area contributed by atoms with Gasteiger partial charge in [0.1, 0.15) is 0 Å². The Kier molecular flexibility index (Phi) is 6.63. The van der Waals surface area contributed by atoms with Gasteiger partial charge in [0.25, 0.3) is 0 Å². The van der Waals surface area contributed by atoms with Gasteiger partial charge in [0.15, 0.2) is 0 Å². The van der Waals surface area contributed by atoms with Gasteiger partial charge in [-0.15, -0.1) is 0 Å². The summed E-state index contributed by atoms with van der Waals surface area (Å²) >= 11 is 0. The van der Waals surface area contributed by atoms with E-state index in [2.05, 4.69) is 73.9 Å². The molecule has 0 N–H and O–H groups in total. The minimum Gasteiger partial charge on any atom is -0.340 e. The minimum atomic E-state index is 0.838. The van der Waals surface area contributed by atoms with Gasteiger partial charge in [-0.3, -0.25) is 0 Å². The molecule has 1 heterocycles. The molecule has 2 aromatic carbocycles. The largest absolute Gasteiger partial charge is 0.340 e. The highest BCUT2D eigenvalue weighted by molar-refractivity contribution is 6.07. The minimum absolute atomic E-state index is 0.838. The van der Waals surface area contributed by atoms with Crippen LogP contribution in [0.4, 0.5) is 0 Å². The lowest BCUT2D eigenvalue weighted by Crippen LogP contribution is -2.16. The van der Waals surface area contributed by atoms with Crippen molar-refractivity contribution in [1.82, 2.24) is 4.57 Å². The molecule has 0 aliphatic heterocycles. The predicted octanol–water partition coefficient (Wildman–Crippen LogP) is 9.09. The monoisotopic (exact) mass is 429 g/mol. The SMILES string of the molecule is CCC1CC(CCC2CC(CC)C(CC)C2)C(Cn2c3ccccc3c3ccccc32)C1. The van der Waals surface area contributed by atoms with E-state index >= 15 is 0 Å². The van der Waals surface area contributed by atoms with Crippen molar-refractivity contribution in [1.29, 1.82) is 0 Å². The van der Waals surface area contributed by atoms with Gasteiger partial charge in [-0.05, 0) is 79.7 Å². The second-order valence-electron chi connectivity index (χ2n) is 11.2. The molecular formula is C31H43N. The number of aromatic nitrogens is 1. The summed E-state index contributed by atoms with van der Waals surface area (Å²) in [5.74, 6) is 5.70. The number of benzene rings is 2. The summed E-state index contributed by atoms with van der Waals surface area (Å²) in [6, 6.07) is 18.1. The van der Waals surface area contributed by atoms with Gasteiger partial charge in [0.05, 0.1) is 0 Å². The zero-order valence-corrected chi connectivity index (χ0v) is 20.6. The summed E-state index contributed by atoms with van der Waals surface area (Å²) < 4.78 is 2.66. The van der Waals surface area contributed by atoms with Crippen LogP contribution in [0.1, 0.15) is 78.6 Å². The van der Waals surface area contributed by atoms with Crippen LogP contribution in [-0.4, -0.2) is 4.57 Å². The highest BCUT2D eigenvalue weighted by atomic mass is 15.0. The lowest BCUT2D eigenvalue weighted by Gasteiger charge is -2.23. The average Bonchev–Trinajstić information content (AvgIpc) is 3.52. The Balaban J connectivity index is 1.34. The fourth-order valence-corrected chi connectivity index (χ4v) is 7.71. The molecule has 5 unspecified atom stereocenters. The first-order valence-corrected chi connectivity index (χ1v) is 13.7. The second kappa shape index (κ2) is 9.62. The first-order chi connectivity index (χ1) is 15.7. The van der Waals surface area contributed by atoms with Gasteiger partial charge in [-0.2, -0.15) is 0 Å². The van der Waals surface area contributed by atoms with E-state index in [4.69, 9.17) is 0 Å². The lowest BCUT2D eigenvalue weighted by molar-refractivity contribution is 0.298. The molecule has 2 fully saturated rings. The summed E-state index contributed by atoms with van der Waals surface area (Å²) in [6.07, 6.45) is 13.0. The van der Waals surface area contributed by atoms with Gasteiger partial charge in [-0.25, -0.2) is 0 Å². The molecule has 0 spiro atoms. The second-order valence-corrected chi connectivity index (χ2v) is 11.2. The average molecular weight is 430 g/mol. The number of para-hydroxylation sites is 2. The van der Waals surface area contributed by atoms with Crippen molar-refractivity contribution < 1.29 is 0 Å². The Hall–Kier alpha value is -1.76. The Labute approximate surface area is 195 Å². The predicted molar refractivity (Wildman–Crippen MR) is 139 cm³/mol. The van der Waals surface area contributed by atoms with E-state index < -0.39 is 0 Å². The highest BCUT2D eigenvalue weighted by Gasteiger charge is 2.36. The molecule has 1 aromatic heterocycles. The number of hydrogen-bond acceptors (Lipinski definition) is 0. The molecule has 32 heavy (non-hydrogen) atoms. The molecule has 172 valence electrons. The van der Waals surface area contributed by atoms with Gasteiger partial charge < -0.3 is 4.57 Å². The molecule has 5 atom stereocenters. The number of fused-ring (bicyclic) bond motifs is 3. The van der Waals surface area contributed by atoms with Crippen LogP contribution >= 0.6 is 0 Å². The number of hydrogen-bond donors (Lipinski definition) is 0. The van der Waals surface area contributed by atoms with Gasteiger partial charge in [-0.1, -0.05) is 82.9 Å². The smallest absolute Gasteiger partial charge is 0.0491 e. The molecule has 0 radical (unpaired) electrons. The zero-order valence-electron chi connectivity index (χ0n) is 20.6. The van der Waals surface area contributed by atoms with Crippen LogP contribution in [-0.2, 0) is 6.54 Å². The van der Waals surface area contributed by atoms with Crippen LogP contribution in [0, 0.1) is 35.5 Å². The van der Waals surface area contributed by atoms with Crippen molar-refractivity contribution in [2.24, 2.45) is 35.5 Å². The summed E-state index contributed by atoms with van der Waals surface area (Å²) in [7, 11) is 0. The molecule has 0 bridgehead atoms. The molecule has 2 aliphatic rings. The van der Waals surface area contributed by atoms with Crippen LogP contribution in [0.3, 0.4) is 0 Å². The van der Waals surface area contributed by atoms with Crippen LogP contribution in [0.2, 0.25) is 0 Å². The fourth-order valence-electron chi connectivity index (χ4n) is 7.71. The van der Waals surface area contributed by atoms with Crippen molar-refractivity contribution in [3.8, 4) is 0 Å². The van der Waals surface area contributed by atoms with Crippen LogP contribution < -0.4 is 0 Å². The molecule has 3 aromatic rings. The van der Waals surface area contributed by atoms with Gasteiger partial charge >= 0.3 is 0 Å². The van der Waals surface area contributed by atoms with Crippen LogP contribution in [0.25, 0.3) is 21.8 Å².